The van der Waals surface area contributed by atoms with Crippen LogP contribution in [0.5, 0.6) is 5.75 Å². The summed E-state index contributed by atoms with van der Waals surface area (Å²) < 4.78 is 5.87. The van der Waals surface area contributed by atoms with Crippen LogP contribution in [0.1, 0.15) is 21.5 Å². The average Bonchev–Trinajstić information content (AvgIpc) is 2.83. The van der Waals surface area contributed by atoms with Crippen LogP contribution in [-0.2, 0) is 17.8 Å². The second kappa shape index (κ2) is 9.79. The molecule has 0 heterocycles. The molecule has 0 aliphatic rings. The van der Waals surface area contributed by atoms with Crippen LogP contribution in [0.25, 0.3) is 10.8 Å². The van der Waals surface area contributed by atoms with Gasteiger partial charge in [0.05, 0.1) is 0 Å². The predicted molar refractivity (Wildman–Crippen MR) is 124 cm³/mol. The molecule has 0 aliphatic heterocycles. The Morgan fingerprint density at radius 3 is 2.09 bits per heavy atom. The smallest absolute Gasteiger partial charge is 0.326 e. The summed E-state index contributed by atoms with van der Waals surface area (Å²) in [6.07, 6.45) is 0.220. The van der Waals surface area contributed by atoms with E-state index in [1.54, 1.807) is 12.1 Å². The average molecular weight is 425 g/mol. The van der Waals surface area contributed by atoms with Crippen LogP contribution in [0.4, 0.5) is 0 Å². The van der Waals surface area contributed by atoms with E-state index >= 15 is 0 Å². The maximum absolute atomic E-state index is 12.7. The summed E-state index contributed by atoms with van der Waals surface area (Å²) in [5.74, 6) is -0.741. The van der Waals surface area contributed by atoms with Gasteiger partial charge in [0, 0.05) is 12.0 Å². The minimum absolute atomic E-state index is 0.220. The Bertz CT molecular complexity index is 1220. The van der Waals surface area contributed by atoms with Gasteiger partial charge < -0.3 is 15.2 Å². The molecule has 4 aromatic rings. The molecule has 0 saturated heterocycles. The van der Waals surface area contributed by atoms with Gasteiger partial charge in [-0.15, -0.1) is 0 Å². The number of rotatable bonds is 8. The molecule has 1 amide bonds. The lowest BCUT2D eigenvalue weighted by atomic mass is 10.0. The second-order valence-corrected chi connectivity index (χ2v) is 7.55. The van der Waals surface area contributed by atoms with Gasteiger partial charge in [-0.05, 0) is 46.2 Å². The monoisotopic (exact) mass is 425 g/mol. The molecule has 0 unspecified atom stereocenters. The predicted octanol–water partition coefficient (Wildman–Crippen LogP) is 4.84. The van der Waals surface area contributed by atoms with Crippen LogP contribution < -0.4 is 10.1 Å². The summed E-state index contributed by atoms with van der Waals surface area (Å²) >= 11 is 0. The van der Waals surface area contributed by atoms with Crippen molar-refractivity contribution in [3.63, 3.8) is 0 Å². The van der Waals surface area contributed by atoms with E-state index in [4.69, 9.17) is 4.74 Å². The Morgan fingerprint density at radius 2 is 1.41 bits per heavy atom. The van der Waals surface area contributed by atoms with Gasteiger partial charge in [-0.25, -0.2) is 4.79 Å². The third kappa shape index (κ3) is 5.32. The molecule has 32 heavy (non-hydrogen) atoms. The van der Waals surface area contributed by atoms with Crippen molar-refractivity contribution in [1.29, 1.82) is 0 Å². The molecular weight excluding hydrogens is 402 g/mol. The van der Waals surface area contributed by atoms with Crippen molar-refractivity contribution in [3.8, 4) is 5.75 Å². The number of fused-ring (bicyclic) bond motifs is 1. The van der Waals surface area contributed by atoms with Crippen LogP contribution in [0, 0.1) is 0 Å². The van der Waals surface area contributed by atoms with Gasteiger partial charge >= 0.3 is 5.97 Å². The normalized spacial score (nSPS) is 11.6. The maximum Gasteiger partial charge on any atom is 0.326 e. The molecule has 0 aromatic heterocycles. The van der Waals surface area contributed by atoms with Gasteiger partial charge in [-0.1, -0.05) is 72.8 Å². The molecule has 0 fully saturated rings. The quantitative estimate of drug-likeness (QED) is 0.423. The Kier molecular flexibility index (Phi) is 6.46. The number of carbonyl (C=O) groups is 2. The van der Waals surface area contributed by atoms with Crippen LogP contribution in [0.2, 0.25) is 0 Å². The molecule has 0 spiro atoms. The van der Waals surface area contributed by atoms with Crippen LogP contribution in [0.15, 0.2) is 97.1 Å². The van der Waals surface area contributed by atoms with Gasteiger partial charge in [0.2, 0.25) is 0 Å². The van der Waals surface area contributed by atoms with Crippen molar-refractivity contribution in [2.75, 3.05) is 0 Å². The van der Waals surface area contributed by atoms with Crippen molar-refractivity contribution in [2.24, 2.45) is 0 Å². The summed E-state index contributed by atoms with van der Waals surface area (Å²) in [4.78, 5) is 24.4. The number of hydrogen-bond donors (Lipinski definition) is 2. The van der Waals surface area contributed by atoms with Gasteiger partial charge in [0.25, 0.3) is 5.91 Å². The summed E-state index contributed by atoms with van der Waals surface area (Å²) in [5, 5.41) is 14.0. The molecule has 4 rings (SSSR count). The minimum Gasteiger partial charge on any atom is -0.489 e. The van der Waals surface area contributed by atoms with Crippen molar-refractivity contribution >= 4 is 22.6 Å². The fraction of sp³-hybridized carbons (Fsp3) is 0.111. The zero-order valence-electron chi connectivity index (χ0n) is 17.4. The standard InChI is InChI=1S/C27H23NO4/c29-26(28-25(27(30)31)15-19-7-3-1-4-8-19)23-12-11-22-17-24(14-13-21(22)16-23)32-18-20-9-5-2-6-10-20/h1-14,16-17,25H,15,18H2,(H,28,29)(H,30,31)/t25-/m0/s1. The Balaban J connectivity index is 1.45. The minimum atomic E-state index is -1.07. The van der Waals surface area contributed by atoms with E-state index in [1.807, 2.05) is 84.9 Å². The van der Waals surface area contributed by atoms with E-state index in [-0.39, 0.29) is 6.42 Å². The first-order valence-electron chi connectivity index (χ1n) is 10.4. The second-order valence-electron chi connectivity index (χ2n) is 7.55. The van der Waals surface area contributed by atoms with E-state index in [1.165, 1.54) is 0 Å². The maximum atomic E-state index is 12.7. The lowest BCUT2D eigenvalue weighted by molar-refractivity contribution is -0.139. The van der Waals surface area contributed by atoms with Crippen molar-refractivity contribution in [2.45, 2.75) is 19.1 Å². The van der Waals surface area contributed by atoms with Crippen molar-refractivity contribution in [3.05, 3.63) is 114 Å². The van der Waals surface area contributed by atoms with E-state index in [0.29, 0.717) is 12.2 Å². The summed E-state index contributed by atoms with van der Waals surface area (Å²) in [6.45, 7) is 0.477. The van der Waals surface area contributed by atoms with E-state index in [2.05, 4.69) is 5.32 Å². The number of nitrogens with one attached hydrogen (secondary N) is 1. The first kappa shape index (κ1) is 21.1. The van der Waals surface area contributed by atoms with Crippen molar-refractivity contribution < 1.29 is 19.4 Å². The van der Waals surface area contributed by atoms with Gasteiger partial charge in [0.1, 0.15) is 18.4 Å². The van der Waals surface area contributed by atoms with Crippen molar-refractivity contribution in [1.82, 2.24) is 5.32 Å². The van der Waals surface area contributed by atoms with E-state index < -0.39 is 17.9 Å². The number of carbonyl (C=O) groups excluding carboxylic acids is 1. The highest BCUT2D eigenvalue weighted by Gasteiger charge is 2.21. The number of amides is 1. The molecule has 0 saturated carbocycles. The Morgan fingerprint density at radius 1 is 0.781 bits per heavy atom. The Hall–Kier alpha value is -4.12. The molecule has 0 aliphatic carbocycles. The summed E-state index contributed by atoms with van der Waals surface area (Å²) in [5.41, 5.74) is 2.35. The summed E-state index contributed by atoms with van der Waals surface area (Å²) in [7, 11) is 0. The molecule has 0 bridgehead atoms. The van der Waals surface area contributed by atoms with Crippen LogP contribution >= 0.6 is 0 Å². The van der Waals surface area contributed by atoms with E-state index in [0.717, 1.165) is 27.6 Å². The molecule has 1 atom stereocenters. The Labute approximate surface area is 186 Å². The highest BCUT2D eigenvalue weighted by Crippen LogP contribution is 2.23. The molecular formula is C27H23NO4. The number of carboxylic acids is 1. The number of hydrogen-bond acceptors (Lipinski definition) is 3. The summed E-state index contributed by atoms with van der Waals surface area (Å²) in [6, 6.07) is 29.1. The lowest BCUT2D eigenvalue weighted by Crippen LogP contribution is -2.42. The number of benzene rings is 4. The molecule has 2 N–H and O–H groups in total. The van der Waals surface area contributed by atoms with E-state index in [9.17, 15) is 14.7 Å². The van der Waals surface area contributed by atoms with Crippen LogP contribution in [0.3, 0.4) is 0 Å². The lowest BCUT2D eigenvalue weighted by Gasteiger charge is -2.15. The van der Waals surface area contributed by atoms with Gasteiger partial charge in [-0.3, -0.25) is 4.79 Å². The first-order chi connectivity index (χ1) is 15.6. The van der Waals surface area contributed by atoms with Crippen LogP contribution in [-0.4, -0.2) is 23.0 Å². The van der Waals surface area contributed by atoms with Gasteiger partial charge in [-0.2, -0.15) is 0 Å². The third-order valence-corrected chi connectivity index (χ3v) is 5.21. The number of carboxylic acid groups (broad SMARTS) is 1. The highest BCUT2D eigenvalue weighted by molar-refractivity contribution is 6.00. The molecule has 0 radical (unpaired) electrons. The molecule has 160 valence electrons. The molecule has 4 aromatic carbocycles. The number of ether oxygens (including phenoxy) is 1. The zero-order valence-corrected chi connectivity index (χ0v) is 17.4. The molecule has 5 nitrogen and oxygen atoms in total. The fourth-order valence-corrected chi connectivity index (χ4v) is 3.49. The highest BCUT2D eigenvalue weighted by atomic mass is 16.5. The topological polar surface area (TPSA) is 75.6 Å². The van der Waals surface area contributed by atoms with Gasteiger partial charge in [0.15, 0.2) is 0 Å². The zero-order chi connectivity index (χ0) is 22.3. The third-order valence-electron chi connectivity index (χ3n) is 5.21. The number of aliphatic carboxylic acids is 1. The largest absolute Gasteiger partial charge is 0.489 e. The fourth-order valence-electron chi connectivity index (χ4n) is 3.49. The SMILES string of the molecule is O=C(N[C@@H](Cc1ccccc1)C(=O)O)c1ccc2cc(OCc3ccccc3)ccc2c1. The molecule has 5 heteroatoms. The first-order valence-corrected chi connectivity index (χ1v) is 10.4.